The van der Waals surface area contributed by atoms with Gasteiger partial charge >= 0.3 is 5.97 Å². The van der Waals surface area contributed by atoms with E-state index in [2.05, 4.69) is 4.90 Å². The number of halogens is 2. The first kappa shape index (κ1) is 13.3. The van der Waals surface area contributed by atoms with Gasteiger partial charge in [0, 0.05) is 24.7 Å². The van der Waals surface area contributed by atoms with Crippen LogP contribution in [0.1, 0.15) is 12.5 Å². The van der Waals surface area contributed by atoms with Gasteiger partial charge in [0.25, 0.3) is 0 Å². The number of hydrogen-bond acceptors (Lipinski definition) is 2. The Bertz CT molecular complexity index is 460. The van der Waals surface area contributed by atoms with E-state index in [-0.39, 0.29) is 17.7 Å². The maximum absolute atomic E-state index is 12.9. The lowest BCUT2D eigenvalue weighted by Crippen LogP contribution is -2.50. The third-order valence-corrected chi connectivity index (χ3v) is 3.84. The van der Waals surface area contributed by atoms with Gasteiger partial charge in [-0.1, -0.05) is 24.6 Å². The molecule has 18 heavy (non-hydrogen) atoms. The topological polar surface area (TPSA) is 40.5 Å². The average molecular weight is 272 g/mol. The van der Waals surface area contributed by atoms with Gasteiger partial charge in [-0.3, -0.25) is 9.69 Å². The largest absolute Gasteiger partial charge is 0.481 e. The maximum Gasteiger partial charge on any atom is 0.306 e. The smallest absolute Gasteiger partial charge is 0.306 e. The Labute approximate surface area is 110 Å². The molecule has 0 radical (unpaired) electrons. The fourth-order valence-electron chi connectivity index (χ4n) is 2.15. The zero-order valence-electron chi connectivity index (χ0n) is 10.1. The van der Waals surface area contributed by atoms with Crippen molar-refractivity contribution in [2.75, 3.05) is 13.1 Å². The van der Waals surface area contributed by atoms with E-state index in [4.69, 9.17) is 16.7 Å². The first-order valence-electron chi connectivity index (χ1n) is 5.86. The van der Waals surface area contributed by atoms with Crippen molar-refractivity contribution in [3.63, 3.8) is 0 Å². The highest BCUT2D eigenvalue weighted by atomic mass is 35.5. The molecule has 1 aromatic rings. The highest BCUT2D eigenvalue weighted by Crippen LogP contribution is 2.27. The van der Waals surface area contributed by atoms with Crippen molar-refractivity contribution >= 4 is 17.6 Å². The Hall–Kier alpha value is -1.13. The minimum atomic E-state index is -0.750. The molecule has 0 amide bonds. The van der Waals surface area contributed by atoms with Crippen LogP contribution in [0.15, 0.2) is 18.2 Å². The van der Waals surface area contributed by atoms with Crippen molar-refractivity contribution in [1.82, 2.24) is 4.90 Å². The molecule has 1 atom stereocenters. The standard InChI is InChI=1S/C13H15ClFNO2/c1-8(13(17)18)10-6-16(7-10)5-9-2-3-11(15)4-12(9)14/h2-4,8,10H,5-7H2,1H3,(H,17,18). The highest BCUT2D eigenvalue weighted by Gasteiger charge is 2.34. The lowest BCUT2D eigenvalue weighted by molar-refractivity contribution is -0.145. The van der Waals surface area contributed by atoms with Crippen LogP contribution in [0, 0.1) is 17.7 Å². The number of rotatable bonds is 4. The number of likely N-dealkylation sites (tertiary alicyclic amines) is 1. The molecular weight excluding hydrogens is 257 g/mol. The molecule has 0 saturated carbocycles. The Kier molecular flexibility index (Phi) is 3.88. The Morgan fingerprint density at radius 2 is 2.28 bits per heavy atom. The van der Waals surface area contributed by atoms with Crippen LogP contribution in [-0.2, 0) is 11.3 Å². The van der Waals surface area contributed by atoms with Crippen LogP contribution in [0.2, 0.25) is 5.02 Å². The molecule has 0 spiro atoms. The van der Waals surface area contributed by atoms with Gasteiger partial charge in [-0.25, -0.2) is 4.39 Å². The summed E-state index contributed by atoms with van der Waals surface area (Å²) in [7, 11) is 0. The Morgan fingerprint density at radius 1 is 1.61 bits per heavy atom. The summed E-state index contributed by atoms with van der Waals surface area (Å²) in [5.41, 5.74) is 0.875. The van der Waals surface area contributed by atoms with E-state index in [9.17, 15) is 9.18 Å². The third kappa shape index (κ3) is 2.82. The van der Waals surface area contributed by atoms with E-state index < -0.39 is 5.97 Å². The van der Waals surface area contributed by atoms with Crippen LogP contribution in [0.25, 0.3) is 0 Å². The first-order valence-corrected chi connectivity index (χ1v) is 6.24. The van der Waals surface area contributed by atoms with Gasteiger partial charge in [0.15, 0.2) is 0 Å². The van der Waals surface area contributed by atoms with Gasteiger partial charge in [0.2, 0.25) is 0 Å². The number of carboxylic acids is 1. The summed E-state index contributed by atoms with van der Waals surface area (Å²) in [6, 6.07) is 4.36. The van der Waals surface area contributed by atoms with E-state index in [0.717, 1.165) is 18.7 Å². The number of benzene rings is 1. The second-order valence-corrected chi connectivity index (χ2v) is 5.22. The summed E-state index contributed by atoms with van der Waals surface area (Å²) in [6.07, 6.45) is 0. The Balaban J connectivity index is 1.88. The third-order valence-electron chi connectivity index (χ3n) is 3.49. The zero-order chi connectivity index (χ0) is 13.3. The number of nitrogens with zero attached hydrogens (tertiary/aromatic N) is 1. The van der Waals surface area contributed by atoms with Crippen molar-refractivity contribution in [3.8, 4) is 0 Å². The zero-order valence-corrected chi connectivity index (χ0v) is 10.8. The van der Waals surface area contributed by atoms with Gasteiger partial charge in [-0.2, -0.15) is 0 Å². The predicted octanol–water partition coefficient (Wildman–Crippen LogP) is 2.63. The van der Waals surface area contributed by atoms with E-state index in [0.29, 0.717) is 11.6 Å². The Morgan fingerprint density at radius 3 is 2.83 bits per heavy atom. The molecule has 0 aliphatic carbocycles. The van der Waals surface area contributed by atoms with E-state index >= 15 is 0 Å². The lowest BCUT2D eigenvalue weighted by Gasteiger charge is -2.41. The van der Waals surface area contributed by atoms with Crippen molar-refractivity contribution < 1.29 is 14.3 Å². The summed E-state index contributed by atoms with van der Waals surface area (Å²) < 4.78 is 12.9. The molecule has 1 saturated heterocycles. The van der Waals surface area contributed by atoms with Gasteiger partial charge in [-0.15, -0.1) is 0 Å². The second-order valence-electron chi connectivity index (χ2n) is 4.82. The molecule has 0 bridgehead atoms. The molecule has 1 fully saturated rings. The van der Waals surface area contributed by atoms with Crippen LogP contribution < -0.4 is 0 Å². The van der Waals surface area contributed by atoms with Gasteiger partial charge in [0.05, 0.1) is 5.92 Å². The maximum atomic E-state index is 12.9. The quantitative estimate of drug-likeness (QED) is 0.915. The minimum absolute atomic E-state index is 0.196. The van der Waals surface area contributed by atoms with Crippen LogP contribution in [0.3, 0.4) is 0 Å². The molecule has 0 aromatic heterocycles. The monoisotopic (exact) mass is 271 g/mol. The molecule has 1 heterocycles. The summed E-state index contributed by atoms with van der Waals surface area (Å²) >= 11 is 5.94. The molecule has 1 aromatic carbocycles. The fourth-order valence-corrected chi connectivity index (χ4v) is 2.37. The number of hydrogen-bond donors (Lipinski definition) is 1. The van der Waals surface area contributed by atoms with E-state index in [1.807, 2.05) is 0 Å². The molecule has 1 aliphatic rings. The molecule has 5 heteroatoms. The molecule has 1 aliphatic heterocycles. The van der Waals surface area contributed by atoms with Gasteiger partial charge < -0.3 is 5.11 Å². The first-order chi connectivity index (χ1) is 8.47. The molecule has 3 nitrogen and oxygen atoms in total. The normalized spacial score (nSPS) is 18.4. The van der Waals surface area contributed by atoms with Crippen molar-refractivity contribution in [2.24, 2.45) is 11.8 Å². The van der Waals surface area contributed by atoms with Crippen LogP contribution in [-0.4, -0.2) is 29.1 Å². The fraction of sp³-hybridized carbons (Fsp3) is 0.462. The van der Waals surface area contributed by atoms with Crippen LogP contribution in [0.4, 0.5) is 4.39 Å². The van der Waals surface area contributed by atoms with Crippen molar-refractivity contribution in [1.29, 1.82) is 0 Å². The predicted molar refractivity (Wildman–Crippen MR) is 67.0 cm³/mol. The summed E-state index contributed by atoms with van der Waals surface area (Å²) in [4.78, 5) is 12.9. The molecular formula is C13H15ClFNO2. The molecule has 2 rings (SSSR count). The second kappa shape index (κ2) is 5.24. The summed E-state index contributed by atoms with van der Waals surface area (Å²) in [5, 5.41) is 9.31. The molecule has 1 unspecified atom stereocenters. The van der Waals surface area contributed by atoms with Crippen LogP contribution >= 0.6 is 11.6 Å². The van der Waals surface area contributed by atoms with Crippen molar-refractivity contribution in [2.45, 2.75) is 13.5 Å². The summed E-state index contributed by atoms with van der Waals surface area (Å²) in [5.74, 6) is -1.21. The number of carboxylic acid groups (broad SMARTS) is 1. The van der Waals surface area contributed by atoms with Gasteiger partial charge in [-0.05, 0) is 23.6 Å². The minimum Gasteiger partial charge on any atom is -0.481 e. The molecule has 1 N–H and O–H groups in total. The van der Waals surface area contributed by atoms with Crippen LogP contribution in [0.5, 0.6) is 0 Å². The lowest BCUT2D eigenvalue weighted by atomic mass is 9.87. The van der Waals surface area contributed by atoms with Crippen molar-refractivity contribution in [3.05, 3.63) is 34.6 Å². The van der Waals surface area contributed by atoms with E-state index in [1.54, 1.807) is 13.0 Å². The van der Waals surface area contributed by atoms with E-state index in [1.165, 1.54) is 12.1 Å². The molecule has 98 valence electrons. The average Bonchev–Trinajstić information content (AvgIpc) is 2.24. The van der Waals surface area contributed by atoms with Gasteiger partial charge in [0.1, 0.15) is 5.82 Å². The highest BCUT2D eigenvalue weighted by molar-refractivity contribution is 6.31. The summed E-state index contributed by atoms with van der Waals surface area (Å²) in [6.45, 7) is 3.87. The number of carbonyl (C=O) groups is 1. The number of aliphatic carboxylic acids is 1. The SMILES string of the molecule is CC(C(=O)O)C1CN(Cc2ccc(F)cc2Cl)C1.